The number of aliphatic hydroxyl groups excluding tert-OH is 1. The highest BCUT2D eigenvalue weighted by Gasteiger charge is 2.30. The molecule has 1 atom stereocenters. The lowest BCUT2D eigenvalue weighted by molar-refractivity contribution is 0.0772. The molecule has 0 spiro atoms. The molecule has 2 heterocycles. The van der Waals surface area contributed by atoms with Crippen molar-refractivity contribution in [3.63, 3.8) is 0 Å². The van der Waals surface area contributed by atoms with Crippen LogP contribution in [0.15, 0.2) is 0 Å². The van der Waals surface area contributed by atoms with E-state index < -0.39 is 0 Å². The van der Waals surface area contributed by atoms with E-state index in [1.54, 1.807) is 16.6 Å². The lowest BCUT2D eigenvalue weighted by Crippen LogP contribution is -2.31. The Morgan fingerprint density at radius 1 is 1.61 bits per heavy atom. The molecule has 1 saturated heterocycles. The molecule has 100 valence electrons. The molecule has 18 heavy (non-hydrogen) atoms. The Hall–Kier alpha value is -1.56. The first kappa shape index (κ1) is 12.9. The van der Waals surface area contributed by atoms with E-state index >= 15 is 0 Å². The van der Waals surface area contributed by atoms with Gasteiger partial charge in [-0.15, -0.1) is 0 Å². The number of nitrogens with two attached hydrogens (primary N) is 1. The third kappa shape index (κ3) is 2.08. The van der Waals surface area contributed by atoms with E-state index in [1.165, 1.54) is 0 Å². The molecular weight excluding hydrogens is 232 g/mol. The molecule has 1 unspecified atom stereocenters. The lowest BCUT2D eigenvalue weighted by atomic mass is 10.1. The smallest absolute Gasteiger partial charge is 0.274 e. The van der Waals surface area contributed by atoms with Gasteiger partial charge in [0.25, 0.3) is 5.91 Å². The summed E-state index contributed by atoms with van der Waals surface area (Å²) in [5.74, 6) is 0.104. The molecule has 2 rings (SSSR count). The summed E-state index contributed by atoms with van der Waals surface area (Å²) in [7, 11) is 1.74. The number of likely N-dealkylation sites (tertiary alicyclic amines) is 1. The van der Waals surface area contributed by atoms with E-state index in [1.807, 2.05) is 6.92 Å². The lowest BCUT2D eigenvalue weighted by Gasteiger charge is -2.16. The van der Waals surface area contributed by atoms with Crippen LogP contribution in [0.5, 0.6) is 0 Å². The van der Waals surface area contributed by atoms with Crippen LogP contribution in [-0.2, 0) is 13.5 Å². The van der Waals surface area contributed by atoms with Gasteiger partial charge in [0.1, 0.15) is 5.69 Å². The van der Waals surface area contributed by atoms with Crippen molar-refractivity contribution in [2.45, 2.75) is 19.8 Å². The van der Waals surface area contributed by atoms with Gasteiger partial charge in [0.05, 0.1) is 11.4 Å². The van der Waals surface area contributed by atoms with Gasteiger partial charge in [0.2, 0.25) is 0 Å². The highest BCUT2D eigenvalue weighted by Crippen LogP contribution is 2.23. The first-order chi connectivity index (χ1) is 8.58. The Balaban J connectivity index is 2.22. The number of carbonyl (C=O) groups excluding carboxylic acids is 1. The number of anilines is 1. The number of aliphatic hydroxyl groups is 1. The molecular formula is C12H20N4O2. The monoisotopic (exact) mass is 252 g/mol. The first-order valence-corrected chi connectivity index (χ1v) is 6.29. The van der Waals surface area contributed by atoms with E-state index in [-0.39, 0.29) is 18.4 Å². The maximum absolute atomic E-state index is 12.4. The zero-order valence-electron chi connectivity index (χ0n) is 10.9. The molecule has 6 nitrogen and oxygen atoms in total. The molecule has 1 fully saturated rings. The molecule has 0 aromatic carbocycles. The number of amides is 1. The van der Waals surface area contributed by atoms with Gasteiger partial charge in [-0.1, -0.05) is 6.92 Å². The summed E-state index contributed by atoms with van der Waals surface area (Å²) in [6.45, 7) is 3.37. The topological polar surface area (TPSA) is 84.4 Å². The molecule has 0 bridgehead atoms. The van der Waals surface area contributed by atoms with Gasteiger partial charge in [-0.05, 0) is 12.8 Å². The number of hydrogen-bond donors (Lipinski definition) is 2. The summed E-state index contributed by atoms with van der Waals surface area (Å²) in [4.78, 5) is 14.1. The normalized spacial score (nSPS) is 19.5. The standard InChI is InChI=1S/C12H20N4O2/c1-3-9-10(13)11(15(2)14-9)12(18)16-5-4-8(6-16)7-17/h8,17H,3-7,13H2,1-2H3. The predicted octanol–water partition coefficient (Wildman–Crippen LogP) is 0.0191. The zero-order chi connectivity index (χ0) is 13.3. The summed E-state index contributed by atoms with van der Waals surface area (Å²) in [6, 6.07) is 0. The summed E-state index contributed by atoms with van der Waals surface area (Å²) in [5, 5.41) is 13.4. The predicted molar refractivity (Wildman–Crippen MR) is 68.1 cm³/mol. The number of aromatic nitrogens is 2. The SMILES string of the molecule is CCc1nn(C)c(C(=O)N2CCC(CO)C2)c1N. The van der Waals surface area contributed by atoms with E-state index in [4.69, 9.17) is 10.8 Å². The van der Waals surface area contributed by atoms with Gasteiger partial charge in [0, 0.05) is 32.7 Å². The van der Waals surface area contributed by atoms with Crippen molar-refractivity contribution in [3.05, 3.63) is 11.4 Å². The van der Waals surface area contributed by atoms with Crippen LogP contribution in [0.25, 0.3) is 0 Å². The van der Waals surface area contributed by atoms with Crippen molar-refractivity contribution >= 4 is 11.6 Å². The van der Waals surface area contributed by atoms with Crippen molar-refractivity contribution in [1.29, 1.82) is 0 Å². The number of carbonyl (C=O) groups is 1. The molecule has 1 amide bonds. The third-order valence-electron chi connectivity index (χ3n) is 3.53. The molecule has 0 aliphatic carbocycles. The van der Waals surface area contributed by atoms with Crippen molar-refractivity contribution in [3.8, 4) is 0 Å². The van der Waals surface area contributed by atoms with Crippen LogP contribution < -0.4 is 5.73 Å². The van der Waals surface area contributed by atoms with E-state index in [2.05, 4.69) is 5.10 Å². The second-order valence-corrected chi connectivity index (χ2v) is 4.77. The summed E-state index contributed by atoms with van der Waals surface area (Å²) in [5.41, 5.74) is 7.68. The highest BCUT2D eigenvalue weighted by atomic mass is 16.3. The minimum Gasteiger partial charge on any atom is -0.396 e. The molecule has 0 saturated carbocycles. The van der Waals surface area contributed by atoms with Crippen LogP contribution in [0.1, 0.15) is 29.5 Å². The summed E-state index contributed by atoms with van der Waals surface area (Å²) >= 11 is 0. The Morgan fingerprint density at radius 2 is 2.33 bits per heavy atom. The molecule has 6 heteroatoms. The van der Waals surface area contributed by atoms with Gasteiger partial charge in [-0.25, -0.2) is 0 Å². The van der Waals surface area contributed by atoms with Crippen molar-refractivity contribution in [2.24, 2.45) is 13.0 Å². The number of aryl methyl sites for hydroxylation is 2. The largest absolute Gasteiger partial charge is 0.396 e. The molecule has 0 radical (unpaired) electrons. The van der Waals surface area contributed by atoms with E-state index in [0.717, 1.165) is 12.1 Å². The Morgan fingerprint density at radius 3 is 2.83 bits per heavy atom. The summed E-state index contributed by atoms with van der Waals surface area (Å²) in [6.07, 6.45) is 1.56. The second kappa shape index (κ2) is 4.97. The highest BCUT2D eigenvalue weighted by molar-refractivity contribution is 5.98. The van der Waals surface area contributed by atoms with Gasteiger partial charge < -0.3 is 15.7 Å². The van der Waals surface area contributed by atoms with E-state index in [0.29, 0.717) is 30.9 Å². The minimum atomic E-state index is -0.0850. The second-order valence-electron chi connectivity index (χ2n) is 4.77. The van der Waals surface area contributed by atoms with Crippen LogP contribution in [0, 0.1) is 5.92 Å². The van der Waals surface area contributed by atoms with Crippen LogP contribution in [0.2, 0.25) is 0 Å². The molecule has 3 N–H and O–H groups in total. The molecule has 1 aromatic rings. The molecule has 1 aliphatic rings. The van der Waals surface area contributed by atoms with Crippen LogP contribution in [-0.4, -0.2) is 45.4 Å². The van der Waals surface area contributed by atoms with Crippen LogP contribution in [0.3, 0.4) is 0 Å². The van der Waals surface area contributed by atoms with Gasteiger partial charge in [-0.3, -0.25) is 9.48 Å². The van der Waals surface area contributed by atoms with Gasteiger partial charge in [0.15, 0.2) is 0 Å². The van der Waals surface area contributed by atoms with Crippen LogP contribution >= 0.6 is 0 Å². The Kier molecular flexibility index (Phi) is 3.56. The number of nitrogens with zero attached hydrogens (tertiary/aromatic N) is 3. The quantitative estimate of drug-likeness (QED) is 0.794. The zero-order valence-corrected chi connectivity index (χ0v) is 10.9. The Bertz CT molecular complexity index is 455. The molecule has 1 aliphatic heterocycles. The third-order valence-corrected chi connectivity index (χ3v) is 3.53. The maximum atomic E-state index is 12.4. The van der Waals surface area contributed by atoms with Gasteiger partial charge in [-0.2, -0.15) is 5.10 Å². The molecule has 1 aromatic heterocycles. The minimum absolute atomic E-state index is 0.0850. The first-order valence-electron chi connectivity index (χ1n) is 6.29. The number of rotatable bonds is 3. The van der Waals surface area contributed by atoms with Crippen LogP contribution in [0.4, 0.5) is 5.69 Å². The maximum Gasteiger partial charge on any atom is 0.274 e. The number of nitrogen functional groups attached to an aromatic ring is 1. The van der Waals surface area contributed by atoms with Crippen molar-refractivity contribution in [1.82, 2.24) is 14.7 Å². The Labute approximate surface area is 106 Å². The fraction of sp³-hybridized carbons (Fsp3) is 0.667. The summed E-state index contributed by atoms with van der Waals surface area (Å²) < 4.78 is 1.56. The average molecular weight is 252 g/mol. The number of hydrogen-bond acceptors (Lipinski definition) is 4. The van der Waals surface area contributed by atoms with Crippen molar-refractivity contribution in [2.75, 3.05) is 25.4 Å². The fourth-order valence-corrected chi connectivity index (χ4v) is 2.43. The van der Waals surface area contributed by atoms with E-state index in [9.17, 15) is 4.79 Å². The fourth-order valence-electron chi connectivity index (χ4n) is 2.43. The average Bonchev–Trinajstić information content (AvgIpc) is 2.93. The van der Waals surface area contributed by atoms with Gasteiger partial charge >= 0.3 is 0 Å². The van der Waals surface area contributed by atoms with Crippen molar-refractivity contribution < 1.29 is 9.90 Å².